The third-order valence-corrected chi connectivity index (χ3v) is 8.06. The predicted octanol–water partition coefficient (Wildman–Crippen LogP) is 7.38. The molecule has 1 saturated heterocycles. The molecule has 1 aliphatic carbocycles. The SMILES string of the molecule is CC1=C(c2ccc(Cl)cc2)C(c2ccc(OC[C@H](C)N3CC[C@@H](C)C3)cc2)OC2C1=CC(O)=CC2C. The van der Waals surface area contributed by atoms with Crippen molar-refractivity contribution in [3.63, 3.8) is 0 Å². The number of halogens is 1. The van der Waals surface area contributed by atoms with Gasteiger partial charge in [-0.2, -0.15) is 0 Å². The number of likely N-dealkylation sites (tertiary alicyclic amines) is 1. The summed E-state index contributed by atoms with van der Waals surface area (Å²) in [5, 5.41) is 11.0. The van der Waals surface area contributed by atoms with E-state index in [0.717, 1.165) is 52.6 Å². The Hall–Kier alpha value is -2.53. The quantitative estimate of drug-likeness (QED) is 0.444. The number of aliphatic hydroxyl groups excluding tert-OH is 1. The average Bonchev–Trinajstić information content (AvgIpc) is 3.30. The number of ether oxygens (including phenoxy) is 2. The zero-order valence-corrected chi connectivity index (χ0v) is 22.3. The molecule has 0 aromatic heterocycles. The summed E-state index contributed by atoms with van der Waals surface area (Å²) >= 11 is 6.19. The lowest BCUT2D eigenvalue weighted by atomic mass is 9.79. The molecule has 36 heavy (non-hydrogen) atoms. The fraction of sp³-hybridized carbons (Fsp3) is 0.419. The van der Waals surface area contributed by atoms with Crippen LogP contribution in [0.4, 0.5) is 0 Å². The molecular weight excluding hydrogens is 470 g/mol. The predicted molar refractivity (Wildman–Crippen MR) is 146 cm³/mol. The van der Waals surface area contributed by atoms with E-state index in [-0.39, 0.29) is 18.1 Å². The van der Waals surface area contributed by atoms with Crippen LogP contribution in [0.2, 0.25) is 5.02 Å². The van der Waals surface area contributed by atoms with Crippen LogP contribution in [-0.2, 0) is 4.74 Å². The van der Waals surface area contributed by atoms with Gasteiger partial charge in [-0.15, -0.1) is 0 Å². The number of rotatable bonds is 6. The van der Waals surface area contributed by atoms with Gasteiger partial charge in [0.1, 0.15) is 24.2 Å². The molecule has 0 bridgehead atoms. The molecule has 3 aliphatic rings. The molecule has 190 valence electrons. The number of hydrogen-bond donors (Lipinski definition) is 1. The first-order valence-electron chi connectivity index (χ1n) is 13.0. The Balaban J connectivity index is 1.40. The van der Waals surface area contributed by atoms with Crippen LogP contribution < -0.4 is 4.74 Å². The summed E-state index contributed by atoms with van der Waals surface area (Å²) in [4.78, 5) is 2.52. The van der Waals surface area contributed by atoms with Crippen molar-refractivity contribution in [1.82, 2.24) is 4.90 Å². The van der Waals surface area contributed by atoms with Crippen LogP contribution in [0.25, 0.3) is 5.57 Å². The molecule has 5 heteroatoms. The summed E-state index contributed by atoms with van der Waals surface area (Å²) in [6, 6.07) is 16.6. The standard InChI is InChI=1S/C31H36ClNO3/c1-19-13-14-33(17-19)21(3)18-35-27-11-7-24(8-12-27)31-29(23-5-9-25(32)10-6-23)22(4)28-16-26(34)15-20(2)30(28)36-31/h5-12,15-16,19-21,30-31,34H,13-14,17-18H2,1-4H3/t19-,20?,21+,30?,31?/m1/s1. The molecular formula is C31H36ClNO3. The second-order valence-corrected chi connectivity index (χ2v) is 11.1. The van der Waals surface area contributed by atoms with E-state index in [2.05, 4.69) is 44.7 Å². The fourth-order valence-electron chi connectivity index (χ4n) is 5.69. The van der Waals surface area contributed by atoms with E-state index >= 15 is 0 Å². The highest BCUT2D eigenvalue weighted by Crippen LogP contribution is 2.47. The van der Waals surface area contributed by atoms with Crippen LogP contribution in [0, 0.1) is 11.8 Å². The van der Waals surface area contributed by atoms with Gasteiger partial charge in [-0.1, -0.05) is 49.7 Å². The van der Waals surface area contributed by atoms with Crippen molar-refractivity contribution >= 4 is 17.2 Å². The lowest BCUT2D eigenvalue weighted by molar-refractivity contribution is 0.0121. The first-order chi connectivity index (χ1) is 17.3. The molecule has 2 aromatic carbocycles. The van der Waals surface area contributed by atoms with Crippen molar-refractivity contribution in [3.05, 3.63) is 93.7 Å². The van der Waals surface area contributed by atoms with Crippen molar-refractivity contribution in [2.24, 2.45) is 11.8 Å². The van der Waals surface area contributed by atoms with Gasteiger partial charge in [-0.25, -0.2) is 0 Å². The van der Waals surface area contributed by atoms with Crippen molar-refractivity contribution in [3.8, 4) is 5.75 Å². The molecule has 0 radical (unpaired) electrons. The van der Waals surface area contributed by atoms with Crippen LogP contribution >= 0.6 is 11.6 Å². The number of fused-ring (bicyclic) bond motifs is 1. The maximum Gasteiger partial charge on any atom is 0.119 e. The van der Waals surface area contributed by atoms with Gasteiger partial charge in [0.05, 0.1) is 6.10 Å². The summed E-state index contributed by atoms with van der Waals surface area (Å²) in [7, 11) is 0. The molecule has 3 unspecified atom stereocenters. The normalized spacial score (nSPS) is 27.4. The van der Waals surface area contributed by atoms with Crippen LogP contribution in [-0.4, -0.2) is 41.8 Å². The zero-order valence-electron chi connectivity index (χ0n) is 21.6. The third-order valence-electron chi connectivity index (χ3n) is 7.81. The van der Waals surface area contributed by atoms with Crippen molar-refractivity contribution in [2.45, 2.75) is 52.4 Å². The number of hydrogen-bond acceptors (Lipinski definition) is 4. The molecule has 0 spiro atoms. The summed E-state index contributed by atoms with van der Waals surface area (Å²) in [5.41, 5.74) is 5.42. The molecule has 2 aliphatic heterocycles. The Morgan fingerprint density at radius 3 is 2.50 bits per heavy atom. The Bertz CT molecular complexity index is 1180. The van der Waals surface area contributed by atoms with E-state index in [1.165, 1.54) is 6.42 Å². The topological polar surface area (TPSA) is 41.9 Å². The van der Waals surface area contributed by atoms with Gasteiger partial charge in [0, 0.05) is 23.5 Å². The maximum absolute atomic E-state index is 10.3. The van der Waals surface area contributed by atoms with Crippen molar-refractivity contribution in [2.75, 3.05) is 19.7 Å². The van der Waals surface area contributed by atoms with E-state index in [0.29, 0.717) is 23.4 Å². The first-order valence-corrected chi connectivity index (χ1v) is 13.4. The molecule has 0 saturated carbocycles. The van der Waals surface area contributed by atoms with Crippen LogP contribution in [0.3, 0.4) is 0 Å². The second kappa shape index (κ2) is 10.5. The van der Waals surface area contributed by atoms with Gasteiger partial charge in [-0.3, -0.25) is 4.90 Å². The molecule has 1 fully saturated rings. The van der Waals surface area contributed by atoms with E-state index in [9.17, 15) is 5.11 Å². The highest BCUT2D eigenvalue weighted by atomic mass is 35.5. The highest BCUT2D eigenvalue weighted by molar-refractivity contribution is 6.30. The van der Waals surface area contributed by atoms with E-state index in [1.54, 1.807) is 0 Å². The van der Waals surface area contributed by atoms with Crippen molar-refractivity contribution in [1.29, 1.82) is 0 Å². The zero-order chi connectivity index (χ0) is 25.4. The lowest BCUT2D eigenvalue weighted by Crippen LogP contribution is -2.35. The fourth-order valence-corrected chi connectivity index (χ4v) is 5.81. The van der Waals surface area contributed by atoms with Gasteiger partial charge in [-0.05, 0) is 97.0 Å². The van der Waals surface area contributed by atoms with Gasteiger partial charge in [0.25, 0.3) is 0 Å². The number of benzene rings is 2. The molecule has 5 rings (SSSR count). The summed E-state index contributed by atoms with van der Waals surface area (Å²) < 4.78 is 12.9. The molecule has 2 heterocycles. The molecule has 0 amide bonds. The van der Waals surface area contributed by atoms with Crippen LogP contribution in [0.1, 0.15) is 51.3 Å². The number of allylic oxidation sites excluding steroid dienone is 1. The molecule has 1 N–H and O–H groups in total. The Morgan fingerprint density at radius 2 is 1.83 bits per heavy atom. The maximum atomic E-state index is 10.3. The summed E-state index contributed by atoms with van der Waals surface area (Å²) in [6.45, 7) is 11.8. The number of nitrogens with zero attached hydrogens (tertiary/aromatic N) is 1. The minimum Gasteiger partial charge on any atom is -0.508 e. The lowest BCUT2D eigenvalue weighted by Gasteiger charge is -2.39. The Kier molecular flexibility index (Phi) is 7.30. The number of aliphatic hydroxyl groups is 1. The smallest absolute Gasteiger partial charge is 0.119 e. The van der Waals surface area contributed by atoms with Gasteiger partial charge < -0.3 is 14.6 Å². The monoisotopic (exact) mass is 505 g/mol. The van der Waals surface area contributed by atoms with E-state index < -0.39 is 0 Å². The van der Waals surface area contributed by atoms with E-state index in [1.807, 2.05) is 48.6 Å². The minimum absolute atomic E-state index is 0.0756. The largest absolute Gasteiger partial charge is 0.508 e. The van der Waals surface area contributed by atoms with E-state index in [4.69, 9.17) is 21.1 Å². The molecule has 5 atom stereocenters. The van der Waals surface area contributed by atoms with Crippen LogP contribution in [0.15, 0.2) is 77.6 Å². The second-order valence-electron chi connectivity index (χ2n) is 10.7. The molecule has 4 nitrogen and oxygen atoms in total. The Labute approximate surface area is 219 Å². The van der Waals surface area contributed by atoms with Crippen molar-refractivity contribution < 1.29 is 14.6 Å². The first kappa shape index (κ1) is 25.1. The molecule has 2 aromatic rings. The van der Waals surface area contributed by atoms with Crippen LogP contribution in [0.5, 0.6) is 5.75 Å². The average molecular weight is 506 g/mol. The highest BCUT2D eigenvalue weighted by Gasteiger charge is 2.37. The Morgan fingerprint density at radius 1 is 1.11 bits per heavy atom. The van der Waals surface area contributed by atoms with Gasteiger partial charge in [0.15, 0.2) is 0 Å². The third kappa shape index (κ3) is 5.13. The van der Waals surface area contributed by atoms with Gasteiger partial charge in [0.2, 0.25) is 0 Å². The summed E-state index contributed by atoms with van der Waals surface area (Å²) in [6.07, 6.45) is 4.64. The summed E-state index contributed by atoms with van der Waals surface area (Å²) in [5.74, 6) is 2.02. The van der Waals surface area contributed by atoms with Gasteiger partial charge >= 0.3 is 0 Å². The minimum atomic E-state index is -0.233.